The average molecular weight is 211 g/mol. The Hall–Kier alpha value is -1.35. The zero-order valence-corrected chi connectivity index (χ0v) is 8.27. The predicted octanol–water partition coefficient (Wildman–Crippen LogP) is 2.92. The Labute approximate surface area is 85.5 Å². The van der Waals surface area contributed by atoms with Gasteiger partial charge in [-0.25, -0.2) is 4.39 Å². The molecule has 0 spiro atoms. The number of fused-ring (bicyclic) bond motifs is 1. The molecule has 0 saturated heterocycles. The molecule has 72 valence electrons. The molecule has 4 heteroatoms. The molecule has 2 rings (SSSR count). The molecule has 0 atom stereocenters. The maximum atomic E-state index is 13.1. The van der Waals surface area contributed by atoms with Crippen LogP contribution < -0.4 is 5.73 Å². The fraction of sp³-hybridized carbons (Fsp3) is 0.100. The number of aryl methyl sites for hydroxylation is 1. The van der Waals surface area contributed by atoms with Crippen molar-refractivity contribution >= 4 is 28.2 Å². The van der Waals surface area contributed by atoms with Crippen LogP contribution in [0.1, 0.15) is 5.56 Å². The topological polar surface area (TPSA) is 38.9 Å². The van der Waals surface area contributed by atoms with E-state index in [4.69, 9.17) is 17.3 Å². The minimum absolute atomic E-state index is 0.0381. The summed E-state index contributed by atoms with van der Waals surface area (Å²) in [6.07, 6.45) is 1.64. The number of aromatic nitrogens is 1. The van der Waals surface area contributed by atoms with E-state index in [2.05, 4.69) is 4.98 Å². The second-order valence-electron chi connectivity index (χ2n) is 3.11. The second-order valence-corrected chi connectivity index (χ2v) is 3.49. The Kier molecular flexibility index (Phi) is 2.04. The van der Waals surface area contributed by atoms with E-state index in [9.17, 15) is 4.39 Å². The summed E-state index contributed by atoms with van der Waals surface area (Å²) >= 11 is 5.81. The highest BCUT2D eigenvalue weighted by atomic mass is 35.5. The molecule has 0 bridgehead atoms. The molecule has 0 saturated carbocycles. The number of hydrogen-bond acceptors (Lipinski definition) is 2. The van der Waals surface area contributed by atoms with Crippen LogP contribution in [0.5, 0.6) is 0 Å². The molecule has 0 radical (unpaired) electrons. The number of anilines is 1. The van der Waals surface area contributed by atoms with Crippen molar-refractivity contribution in [2.75, 3.05) is 5.73 Å². The average Bonchev–Trinajstić information content (AvgIpc) is 2.17. The first-order valence-corrected chi connectivity index (χ1v) is 4.48. The van der Waals surface area contributed by atoms with E-state index in [1.165, 1.54) is 6.07 Å². The van der Waals surface area contributed by atoms with Gasteiger partial charge in [-0.05, 0) is 24.6 Å². The molecule has 2 nitrogen and oxygen atoms in total. The molecule has 1 heterocycles. The number of hydrogen-bond donors (Lipinski definition) is 1. The highest BCUT2D eigenvalue weighted by Gasteiger charge is 2.10. The van der Waals surface area contributed by atoms with Crippen LogP contribution in [0.25, 0.3) is 10.9 Å². The zero-order valence-electron chi connectivity index (χ0n) is 7.51. The van der Waals surface area contributed by atoms with Crippen molar-refractivity contribution in [3.8, 4) is 0 Å². The van der Waals surface area contributed by atoms with Gasteiger partial charge >= 0.3 is 0 Å². The number of pyridine rings is 1. The lowest BCUT2D eigenvalue weighted by molar-refractivity contribution is 0.630. The van der Waals surface area contributed by atoms with Crippen molar-refractivity contribution in [3.63, 3.8) is 0 Å². The third-order valence-electron chi connectivity index (χ3n) is 2.16. The van der Waals surface area contributed by atoms with Crippen LogP contribution in [0.15, 0.2) is 18.3 Å². The minimum atomic E-state index is -0.474. The predicted molar refractivity (Wildman–Crippen MR) is 55.9 cm³/mol. The van der Waals surface area contributed by atoms with Crippen molar-refractivity contribution < 1.29 is 4.39 Å². The molecule has 0 unspecified atom stereocenters. The third kappa shape index (κ3) is 1.21. The summed E-state index contributed by atoms with van der Waals surface area (Å²) in [6.45, 7) is 1.81. The fourth-order valence-electron chi connectivity index (χ4n) is 1.34. The lowest BCUT2D eigenvalue weighted by Crippen LogP contribution is -1.95. The van der Waals surface area contributed by atoms with Gasteiger partial charge in [0.2, 0.25) is 0 Å². The van der Waals surface area contributed by atoms with Gasteiger partial charge in [0.15, 0.2) is 0 Å². The number of rotatable bonds is 0. The van der Waals surface area contributed by atoms with Crippen molar-refractivity contribution in [2.45, 2.75) is 6.92 Å². The van der Waals surface area contributed by atoms with Crippen LogP contribution in [-0.4, -0.2) is 4.98 Å². The van der Waals surface area contributed by atoms with E-state index < -0.39 is 5.82 Å². The van der Waals surface area contributed by atoms with E-state index in [-0.39, 0.29) is 5.02 Å². The molecule has 2 N–H and O–H groups in total. The number of halogens is 2. The summed E-state index contributed by atoms with van der Waals surface area (Å²) in [6, 6.07) is 2.85. The summed E-state index contributed by atoms with van der Waals surface area (Å²) in [5.41, 5.74) is 7.69. The number of nitrogen functional groups attached to an aromatic ring is 1. The van der Waals surface area contributed by atoms with Crippen LogP contribution in [0.3, 0.4) is 0 Å². The summed E-state index contributed by atoms with van der Waals surface area (Å²) in [7, 11) is 0. The van der Waals surface area contributed by atoms with Gasteiger partial charge in [-0.15, -0.1) is 0 Å². The van der Waals surface area contributed by atoms with E-state index in [0.717, 1.165) is 5.56 Å². The molecule has 1 aromatic heterocycles. The number of nitrogens with zero attached hydrogens (tertiary/aromatic N) is 1. The zero-order chi connectivity index (χ0) is 10.3. The van der Waals surface area contributed by atoms with Crippen LogP contribution >= 0.6 is 11.6 Å². The van der Waals surface area contributed by atoms with Gasteiger partial charge in [0, 0.05) is 17.3 Å². The molecule has 0 aliphatic heterocycles. The lowest BCUT2D eigenvalue weighted by Gasteiger charge is -2.06. The van der Waals surface area contributed by atoms with Crippen molar-refractivity contribution in [1.82, 2.24) is 4.98 Å². The Balaban J connectivity index is 2.98. The summed E-state index contributed by atoms with van der Waals surface area (Å²) in [5.74, 6) is -0.474. The first-order valence-electron chi connectivity index (χ1n) is 4.10. The molecular formula is C10H8ClFN2. The van der Waals surface area contributed by atoms with Gasteiger partial charge in [-0.2, -0.15) is 0 Å². The Morgan fingerprint density at radius 2 is 2.14 bits per heavy atom. The van der Waals surface area contributed by atoms with Gasteiger partial charge in [-0.1, -0.05) is 11.6 Å². The van der Waals surface area contributed by atoms with E-state index >= 15 is 0 Å². The maximum Gasteiger partial charge on any atom is 0.142 e. The molecule has 1 aromatic carbocycles. The maximum absolute atomic E-state index is 13.1. The SMILES string of the molecule is Cc1cnc2ccc(F)c(Cl)c2c1N. The van der Waals surface area contributed by atoms with E-state index in [0.29, 0.717) is 16.6 Å². The standard InChI is InChI=1S/C10H8ClFN2/c1-5-4-14-7-3-2-6(12)9(11)8(7)10(5)13/h2-4H,1H3,(H2,13,14). The molecule has 0 amide bonds. The molecule has 0 aliphatic carbocycles. The summed E-state index contributed by atoms with van der Waals surface area (Å²) in [5, 5.41) is 0.530. The normalized spacial score (nSPS) is 10.8. The van der Waals surface area contributed by atoms with Crippen LogP contribution in [-0.2, 0) is 0 Å². The van der Waals surface area contributed by atoms with Crippen LogP contribution in [0.2, 0.25) is 5.02 Å². The number of benzene rings is 1. The monoisotopic (exact) mass is 210 g/mol. The first kappa shape index (κ1) is 9.21. The van der Waals surface area contributed by atoms with Crippen molar-refractivity contribution in [2.24, 2.45) is 0 Å². The number of nitrogens with two attached hydrogens (primary N) is 1. The fourth-order valence-corrected chi connectivity index (χ4v) is 1.60. The van der Waals surface area contributed by atoms with Gasteiger partial charge in [0.1, 0.15) is 5.82 Å². The van der Waals surface area contributed by atoms with Crippen LogP contribution in [0.4, 0.5) is 10.1 Å². The van der Waals surface area contributed by atoms with E-state index in [1.807, 2.05) is 6.92 Å². The quantitative estimate of drug-likeness (QED) is 0.726. The minimum Gasteiger partial charge on any atom is -0.398 e. The lowest BCUT2D eigenvalue weighted by atomic mass is 10.1. The summed E-state index contributed by atoms with van der Waals surface area (Å²) < 4.78 is 13.1. The van der Waals surface area contributed by atoms with E-state index in [1.54, 1.807) is 12.3 Å². The Morgan fingerprint density at radius 3 is 2.86 bits per heavy atom. The molecular weight excluding hydrogens is 203 g/mol. The van der Waals surface area contributed by atoms with Crippen LogP contribution in [0, 0.1) is 12.7 Å². The van der Waals surface area contributed by atoms with Gasteiger partial charge in [0.25, 0.3) is 0 Å². The summed E-state index contributed by atoms with van der Waals surface area (Å²) in [4.78, 5) is 4.11. The van der Waals surface area contributed by atoms with Gasteiger partial charge < -0.3 is 5.73 Å². The van der Waals surface area contributed by atoms with Crippen molar-refractivity contribution in [3.05, 3.63) is 34.7 Å². The largest absolute Gasteiger partial charge is 0.398 e. The smallest absolute Gasteiger partial charge is 0.142 e. The molecule has 0 aliphatic rings. The highest BCUT2D eigenvalue weighted by Crippen LogP contribution is 2.31. The van der Waals surface area contributed by atoms with Gasteiger partial charge in [-0.3, -0.25) is 4.98 Å². The van der Waals surface area contributed by atoms with Gasteiger partial charge in [0.05, 0.1) is 10.5 Å². The second kappa shape index (κ2) is 3.10. The Bertz CT molecular complexity index is 468. The van der Waals surface area contributed by atoms with Crippen molar-refractivity contribution in [1.29, 1.82) is 0 Å². The third-order valence-corrected chi connectivity index (χ3v) is 2.53. The molecule has 2 aromatic rings. The molecule has 14 heavy (non-hydrogen) atoms. The molecule has 0 fully saturated rings. The highest BCUT2D eigenvalue weighted by molar-refractivity contribution is 6.36. The first-order chi connectivity index (χ1) is 6.61. The Morgan fingerprint density at radius 1 is 1.43 bits per heavy atom.